The fourth-order valence-electron chi connectivity index (χ4n) is 5.35. The molecule has 1 amide bonds. The smallest absolute Gasteiger partial charge is 0.272 e. The number of fused-ring (bicyclic) bond motifs is 2. The summed E-state index contributed by atoms with van der Waals surface area (Å²) in [4.78, 5) is 22.1. The molecule has 4 aliphatic heterocycles. The number of aromatic nitrogens is 1. The summed E-state index contributed by atoms with van der Waals surface area (Å²) in [6.45, 7) is 2.86. The summed E-state index contributed by atoms with van der Waals surface area (Å²) in [7, 11) is 0. The second kappa shape index (κ2) is 6.50. The number of pyridine rings is 1. The van der Waals surface area contributed by atoms with E-state index in [1.807, 2.05) is 17.0 Å². The first-order chi connectivity index (χ1) is 13.1. The summed E-state index contributed by atoms with van der Waals surface area (Å²) >= 11 is 5.94. The molecular weight excluding hydrogens is 362 g/mol. The zero-order valence-corrected chi connectivity index (χ0v) is 15.7. The number of rotatable bonds is 2. The Bertz CT molecular complexity index is 864. The van der Waals surface area contributed by atoms with Crippen molar-refractivity contribution in [2.45, 2.75) is 30.8 Å². The molecule has 3 atom stereocenters. The van der Waals surface area contributed by atoms with Crippen LogP contribution in [0.2, 0.25) is 5.02 Å². The number of hydrogen-bond acceptors (Lipinski definition) is 4. The molecule has 0 radical (unpaired) electrons. The summed E-state index contributed by atoms with van der Waals surface area (Å²) < 4.78 is 0. The molecule has 2 bridgehead atoms. The lowest BCUT2D eigenvalue weighted by atomic mass is 9.75. The zero-order valence-electron chi connectivity index (χ0n) is 15.0. The average molecular weight is 384 g/mol. The van der Waals surface area contributed by atoms with Crippen molar-refractivity contribution in [3.63, 3.8) is 0 Å². The van der Waals surface area contributed by atoms with Gasteiger partial charge in [-0.2, -0.15) is 0 Å². The van der Waals surface area contributed by atoms with E-state index in [4.69, 9.17) is 11.6 Å². The number of halogens is 1. The lowest BCUT2D eigenvalue weighted by molar-refractivity contribution is -0.00359. The Morgan fingerprint density at radius 1 is 1.15 bits per heavy atom. The third-order valence-electron chi connectivity index (χ3n) is 6.50. The van der Waals surface area contributed by atoms with Gasteiger partial charge in [-0.25, -0.2) is 4.98 Å². The zero-order chi connectivity index (χ0) is 18.5. The molecule has 0 spiro atoms. The van der Waals surface area contributed by atoms with E-state index in [9.17, 15) is 9.90 Å². The Kier molecular flexibility index (Phi) is 4.10. The molecule has 4 fully saturated rings. The van der Waals surface area contributed by atoms with Gasteiger partial charge >= 0.3 is 0 Å². The van der Waals surface area contributed by atoms with Gasteiger partial charge in [0.1, 0.15) is 11.4 Å². The predicted molar refractivity (Wildman–Crippen MR) is 103 cm³/mol. The molecule has 1 N–H and O–H groups in total. The molecule has 5 heterocycles. The Hall–Kier alpha value is -2.11. The van der Waals surface area contributed by atoms with Crippen molar-refractivity contribution in [2.24, 2.45) is 5.92 Å². The molecule has 0 saturated carbocycles. The Morgan fingerprint density at radius 3 is 2.67 bits per heavy atom. The van der Waals surface area contributed by atoms with Gasteiger partial charge in [0.2, 0.25) is 0 Å². The van der Waals surface area contributed by atoms with Crippen LogP contribution in [0.3, 0.4) is 0 Å². The van der Waals surface area contributed by atoms with Crippen LogP contribution in [0.1, 0.15) is 34.8 Å². The van der Waals surface area contributed by atoms with Gasteiger partial charge in [-0.15, -0.1) is 0 Å². The van der Waals surface area contributed by atoms with Crippen molar-refractivity contribution in [3.05, 3.63) is 58.9 Å². The van der Waals surface area contributed by atoms with Crippen LogP contribution in [-0.2, 0) is 0 Å². The highest BCUT2D eigenvalue weighted by molar-refractivity contribution is 6.30. The number of phenolic OH excluding ortho intramolecular Hbond substituents is 1. The number of carbonyl (C=O) groups is 1. The van der Waals surface area contributed by atoms with Crippen molar-refractivity contribution in [1.82, 2.24) is 14.8 Å². The molecule has 6 heteroatoms. The van der Waals surface area contributed by atoms with E-state index in [0.29, 0.717) is 29.2 Å². The number of amides is 1. The normalized spacial score (nSPS) is 31.7. The third kappa shape index (κ3) is 2.80. The van der Waals surface area contributed by atoms with E-state index in [0.717, 1.165) is 31.5 Å². The number of benzene rings is 1. The lowest BCUT2D eigenvalue weighted by Gasteiger charge is -2.51. The minimum absolute atomic E-state index is 0.0157. The summed E-state index contributed by atoms with van der Waals surface area (Å²) in [5.41, 5.74) is 1.56. The Morgan fingerprint density at radius 2 is 1.96 bits per heavy atom. The summed E-state index contributed by atoms with van der Waals surface area (Å²) in [5.74, 6) is 1.02. The minimum Gasteiger partial charge on any atom is -0.508 e. The molecule has 0 unspecified atom stereocenters. The van der Waals surface area contributed by atoms with Crippen molar-refractivity contribution in [2.75, 3.05) is 19.6 Å². The van der Waals surface area contributed by atoms with Gasteiger partial charge in [-0.1, -0.05) is 23.7 Å². The Balaban J connectivity index is 1.52. The SMILES string of the molecule is O=C(c1ccc(Cl)cn1)N1C[C@@H](c2cccc(O)c2)[C@@H]2[C@H]1C1CCN2CC1. The minimum atomic E-state index is -0.0157. The highest BCUT2D eigenvalue weighted by atomic mass is 35.5. The fourth-order valence-corrected chi connectivity index (χ4v) is 5.46. The fraction of sp³-hybridized carbons (Fsp3) is 0.429. The van der Waals surface area contributed by atoms with Crippen LogP contribution >= 0.6 is 11.6 Å². The molecule has 4 aliphatic rings. The third-order valence-corrected chi connectivity index (χ3v) is 6.72. The van der Waals surface area contributed by atoms with Gasteiger partial charge in [-0.3, -0.25) is 9.69 Å². The molecule has 5 nitrogen and oxygen atoms in total. The van der Waals surface area contributed by atoms with Gasteiger partial charge in [0.05, 0.1) is 11.1 Å². The van der Waals surface area contributed by atoms with Gasteiger partial charge in [0.25, 0.3) is 5.91 Å². The van der Waals surface area contributed by atoms with Crippen LogP contribution < -0.4 is 0 Å². The first kappa shape index (κ1) is 17.0. The van der Waals surface area contributed by atoms with Crippen molar-refractivity contribution in [1.29, 1.82) is 0 Å². The second-order valence-corrected chi connectivity index (χ2v) is 8.31. The van der Waals surface area contributed by atoms with Crippen LogP contribution in [0.5, 0.6) is 5.75 Å². The van der Waals surface area contributed by atoms with E-state index < -0.39 is 0 Å². The monoisotopic (exact) mass is 383 g/mol. The van der Waals surface area contributed by atoms with Crippen LogP contribution in [0.4, 0.5) is 0 Å². The molecule has 4 saturated heterocycles. The van der Waals surface area contributed by atoms with E-state index in [1.54, 1.807) is 18.2 Å². The molecule has 6 rings (SSSR count). The van der Waals surface area contributed by atoms with Crippen molar-refractivity contribution < 1.29 is 9.90 Å². The summed E-state index contributed by atoms with van der Waals surface area (Å²) in [6.07, 6.45) is 3.82. The molecule has 1 aromatic carbocycles. The Labute approximate surface area is 163 Å². The number of likely N-dealkylation sites (tertiary alicyclic amines) is 1. The van der Waals surface area contributed by atoms with Crippen LogP contribution in [0.25, 0.3) is 0 Å². The highest BCUT2D eigenvalue weighted by Crippen LogP contribution is 2.47. The first-order valence-electron chi connectivity index (χ1n) is 9.57. The standard InChI is InChI=1S/C21H22ClN3O2/c22-15-4-5-18(23-11-15)21(27)25-12-17(14-2-1-3-16(26)10-14)20-19(25)13-6-8-24(20)9-7-13/h1-5,10-11,13,17,19-20,26H,6-9,12H2/t17-,19+,20+/m0/s1. The van der Waals surface area contributed by atoms with Gasteiger partial charge in [-0.05, 0) is 61.7 Å². The molecule has 0 aliphatic carbocycles. The maximum atomic E-state index is 13.3. The largest absolute Gasteiger partial charge is 0.508 e. The van der Waals surface area contributed by atoms with Crippen molar-refractivity contribution in [3.8, 4) is 5.75 Å². The number of piperidine rings is 3. The molecule has 1 aromatic heterocycles. The number of hydrogen-bond donors (Lipinski definition) is 1. The van der Waals surface area contributed by atoms with E-state index in [2.05, 4.69) is 16.0 Å². The van der Waals surface area contributed by atoms with Crippen molar-refractivity contribution >= 4 is 17.5 Å². The molecule has 140 valence electrons. The number of phenols is 1. The topological polar surface area (TPSA) is 56.7 Å². The maximum Gasteiger partial charge on any atom is 0.272 e. The van der Waals surface area contributed by atoms with E-state index in [1.165, 1.54) is 6.20 Å². The van der Waals surface area contributed by atoms with Gasteiger partial charge in [0, 0.05) is 24.7 Å². The number of aromatic hydroxyl groups is 1. The predicted octanol–water partition coefficient (Wildman–Crippen LogP) is 3.14. The first-order valence-corrected chi connectivity index (χ1v) is 9.95. The molecule has 27 heavy (non-hydrogen) atoms. The maximum absolute atomic E-state index is 13.3. The highest BCUT2D eigenvalue weighted by Gasteiger charge is 2.54. The lowest BCUT2D eigenvalue weighted by Crippen LogP contribution is -2.60. The van der Waals surface area contributed by atoms with Crippen LogP contribution in [-0.4, -0.2) is 57.5 Å². The summed E-state index contributed by atoms with van der Waals surface area (Å²) in [6, 6.07) is 11.5. The van der Waals surface area contributed by atoms with Gasteiger partial charge < -0.3 is 10.0 Å². The van der Waals surface area contributed by atoms with Crippen LogP contribution in [0.15, 0.2) is 42.6 Å². The van der Waals surface area contributed by atoms with Crippen LogP contribution in [0, 0.1) is 5.92 Å². The second-order valence-electron chi connectivity index (χ2n) is 7.88. The average Bonchev–Trinajstić information content (AvgIpc) is 3.12. The molecular formula is C21H22ClN3O2. The number of carbonyl (C=O) groups excluding carboxylic acids is 1. The van der Waals surface area contributed by atoms with E-state index in [-0.39, 0.29) is 23.6 Å². The summed E-state index contributed by atoms with van der Waals surface area (Å²) in [5, 5.41) is 10.5. The van der Waals surface area contributed by atoms with E-state index >= 15 is 0 Å². The quantitative estimate of drug-likeness (QED) is 0.865. The molecule has 2 aromatic rings. The number of nitrogens with zero attached hydrogens (tertiary/aromatic N) is 3. The van der Waals surface area contributed by atoms with Gasteiger partial charge in [0.15, 0.2) is 0 Å².